The first kappa shape index (κ1) is 26.0. The van der Waals surface area contributed by atoms with Crippen molar-refractivity contribution in [1.29, 1.82) is 0 Å². The van der Waals surface area contributed by atoms with Crippen molar-refractivity contribution in [3.63, 3.8) is 0 Å². The summed E-state index contributed by atoms with van der Waals surface area (Å²) in [5.74, 6) is 1.21. The summed E-state index contributed by atoms with van der Waals surface area (Å²) in [5, 5.41) is 7.22. The van der Waals surface area contributed by atoms with Crippen molar-refractivity contribution in [2.45, 2.75) is 37.8 Å². The zero-order valence-electron chi connectivity index (χ0n) is 21.0. The molecule has 0 fully saturated rings. The smallest absolute Gasteiger partial charge is 0.243 e. The van der Waals surface area contributed by atoms with E-state index in [0.717, 1.165) is 40.9 Å². The summed E-state index contributed by atoms with van der Waals surface area (Å²) < 4.78 is 40.9. The van der Waals surface area contributed by atoms with Crippen molar-refractivity contribution in [3.05, 3.63) is 53.7 Å². The van der Waals surface area contributed by atoms with Crippen LogP contribution in [0.4, 0.5) is 0 Å². The van der Waals surface area contributed by atoms with Crippen molar-refractivity contribution < 1.29 is 22.7 Å². The van der Waals surface area contributed by atoms with Crippen LogP contribution in [0.5, 0.6) is 11.5 Å². The Morgan fingerprint density at radius 2 is 1.72 bits per heavy atom. The van der Waals surface area contributed by atoms with Gasteiger partial charge in [0.2, 0.25) is 15.9 Å². The molecule has 0 radical (unpaired) electrons. The highest BCUT2D eigenvalue weighted by molar-refractivity contribution is 7.89. The molecular weight excluding hydrogens is 480 g/mol. The van der Waals surface area contributed by atoms with Crippen molar-refractivity contribution in [2.75, 3.05) is 40.4 Å². The third kappa shape index (κ3) is 5.35. The second kappa shape index (κ2) is 11.3. The molecule has 36 heavy (non-hydrogen) atoms. The molecule has 1 aromatic heterocycles. The second-order valence-electron chi connectivity index (χ2n) is 8.76. The number of rotatable bonds is 11. The van der Waals surface area contributed by atoms with Gasteiger partial charge in [-0.25, -0.2) is 8.42 Å². The fourth-order valence-corrected chi connectivity index (χ4v) is 6.00. The lowest BCUT2D eigenvalue weighted by atomic mass is 10.0. The van der Waals surface area contributed by atoms with E-state index >= 15 is 0 Å². The molecule has 3 aromatic rings. The molecule has 10 heteroatoms. The Morgan fingerprint density at radius 1 is 1.00 bits per heavy atom. The standard InChI is InChI=1S/C26H34N4O5S/c1-4-12-27-13-14-28-26(31)18-30-24-10-7-20(35-3)16-23(24)22-11-15-29(17-25(22)30)36(32,33)21-8-5-19(34-2)6-9-21/h5-10,16,27H,4,11-15,17-18H2,1-3H3,(H,28,31). The molecule has 1 aliphatic rings. The molecule has 9 nitrogen and oxygen atoms in total. The average molecular weight is 515 g/mol. The van der Waals surface area contributed by atoms with E-state index in [-0.39, 0.29) is 23.9 Å². The summed E-state index contributed by atoms with van der Waals surface area (Å²) in [6.07, 6.45) is 1.58. The minimum Gasteiger partial charge on any atom is -0.497 e. The molecule has 0 unspecified atom stereocenters. The number of ether oxygens (including phenoxy) is 2. The van der Waals surface area contributed by atoms with E-state index in [0.29, 0.717) is 31.8 Å². The number of nitrogens with one attached hydrogen (secondary N) is 2. The molecular formula is C26H34N4O5S. The quantitative estimate of drug-likeness (QED) is 0.382. The Labute approximate surface area is 212 Å². The summed E-state index contributed by atoms with van der Waals surface area (Å²) in [6.45, 7) is 4.90. The predicted octanol–water partition coefficient (Wildman–Crippen LogP) is 2.52. The van der Waals surface area contributed by atoms with Gasteiger partial charge in [-0.3, -0.25) is 4.79 Å². The van der Waals surface area contributed by atoms with Crippen molar-refractivity contribution in [2.24, 2.45) is 0 Å². The SMILES string of the molecule is CCCNCCNC(=O)Cn1c2c(c3cc(OC)ccc31)CCN(S(=O)(=O)c1ccc(OC)cc1)C2. The maximum absolute atomic E-state index is 13.4. The molecule has 2 aromatic carbocycles. The molecule has 1 amide bonds. The zero-order chi connectivity index (χ0) is 25.7. The Bertz CT molecular complexity index is 1320. The number of amides is 1. The minimum atomic E-state index is -3.72. The normalized spacial score (nSPS) is 14.0. The van der Waals surface area contributed by atoms with Gasteiger partial charge in [-0.05, 0) is 67.4 Å². The first-order chi connectivity index (χ1) is 17.4. The fourth-order valence-electron chi connectivity index (χ4n) is 4.60. The summed E-state index contributed by atoms with van der Waals surface area (Å²) in [5.41, 5.74) is 2.78. The van der Waals surface area contributed by atoms with Crippen LogP contribution >= 0.6 is 0 Å². The fraction of sp³-hybridized carbons (Fsp3) is 0.423. The number of benzene rings is 2. The van der Waals surface area contributed by atoms with Crippen LogP contribution in [0.25, 0.3) is 10.9 Å². The van der Waals surface area contributed by atoms with Crippen LogP contribution in [0, 0.1) is 0 Å². The van der Waals surface area contributed by atoms with Gasteiger partial charge in [0.15, 0.2) is 0 Å². The van der Waals surface area contributed by atoms with Crippen LogP contribution in [-0.2, 0) is 34.3 Å². The van der Waals surface area contributed by atoms with Crippen LogP contribution in [0.2, 0.25) is 0 Å². The number of sulfonamides is 1. The van der Waals surface area contributed by atoms with Crippen LogP contribution in [0.1, 0.15) is 24.6 Å². The third-order valence-electron chi connectivity index (χ3n) is 6.48. The van der Waals surface area contributed by atoms with E-state index in [4.69, 9.17) is 9.47 Å². The number of carbonyl (C=O) groups is 1. The number of fused-ring (bicyclic) bond motifs is 3. The summed E-state index contributed by atoms with van der Waals surface area (Å²) in [4.78, 5) is 13.0. The maximum atomic E-state index is 13.4. The molecule has 194 valence electrons. The van der Waals surface area contributed by atoms with E-state index in [1.54, 1.807) is 38.5 Å². The molecule has 0 atom stereocenters. The molecule has 0 saturated carbocycles. The Morgan fingerprint density at radius 3 is 2.42 bits per heavy atom. The Balaban J connectivity index is 1.63. The van der Waals surface area contributed by atoms with Crippen molar-refractivity contribution in [3.8, 4) is 11.5 Å². The maximum Gasteiger partial charge on any atom is 0.243 e. The van der Waals surface area contributed by atoms with Gasteiger partial charge in [0.05, 0.1) is 25.7 Å². The Hall–Kier alpha value is -3.08. The highest BCUT2D eigenvalue weighted by atomic mass is 32.2. The van der Waals surface area contributed by atoms with Gasteiger partial charge in [0, 0.05) is 36.2 Å². The lowest BCUT2D eigenvalue weighted by Gasteiger charge is -2.28. The minimum absolute atomic E-state index is 0.112. The third-order valence-corrected chi connectivity index (χ3v) is 8.34. The number of aromatic nitrogens is 1. The van der Waals surface area contributed by atoms with Crippen LogP contribution < -0.4 is 20.1 Å². The summed E-state index contributed by atoms with van der Waals surface area (Å²) >= 11 is 0. The van der Waals surface area contributed by atoms with Crippen molar-refractivity contribution in [1.82, 2.24) is 19.5 Å². The Kier molecular flexibility index (Phi) is 8.17. The van der Waals surface area contributed by atoms with Gasteiger partial charge in [-0.15, -0.1) is 0 Å². The number of methoxy groups -OCH3 is 2. The van der Waals surface area contributed by atoms with Crippen molar-refractivity contribution >= 4 is 26.8 Å². The summed E-state index contributed by atoms with van der Waals surface area (Å²) in [7, 11) is -0.556. The first-order valence-corrected chi connectivity index (χ1v) is 13.6. The van der Waals surface area contributed by atoms with Gasteiger partial charge in [-0.2, -0.15) is 4.31 Å². The van der Waals surface area contributed by atoms with Crippen LogP contribution in [0.3, 0.4) is 0 Å². The predicted molar refractivity (Wildman–Crippen MR) is 139 cm³/mol. The highest BCUT2D eigenvalue weighted by Crippen LogP contribution is 2.35. The van der Waals surface area contributed by atoms with Gasteiger partial charge in [0.1, 0.15) is 18.0 Å². The van der Waals surface area contributed by atoms with Crippen LogP contribution in [0.15, 0.2) is 47.4 Å². The van der Waals surface area contributed by atoms with Gasteiger partial charge < -0.3 is 24.7 Å². The number of nitrogens with zero attached hydrogens (tertiary/aromatic N) is 2. The number of hydrogen-bond acceptors (Lipinski definition) is 6. The van der Waals surface area contributed by atoms with Gasteiger partial charge in [-0.1, -0.05) is 6.92 Å². The first-order valence-electron chi connectivity index (χ1n) is 12.2. The molecule has 0 saturated heterocycles. The molecule has 4 rings (SSSR count). The van der Waals surface area contributed by atoms with E-state index in [1.165, 1.54) is 4.31 Å². The topological polar surface area (TPSA) is 102 Å². The number of hydrogen-bond donors (Lipinski definition) is 2. The molecule has 2 heterocycles. The van der Waals surface area contributed by atoms with Crippen LogP contribution in [-0.4, -0.2) is 63.6 Å². The monoisotopic (exact) mass is 514 g/mol. The van der Waals surface area contributed by atoms with Gasteiger partial charge >= 0.3 is 0 Å². The molecule has 0 bridgehead atoms. The average Bonchev–Trinajstić information content (AvgIpc) is 3.20. The second-order valence-corrected chi connectivity index (χ2v) is 10.7. The summed E-state index contributed by atoms with van der Waals surface area (Å²) in [6, 6.07) is 12.2. The molecule has 0 spiro atoms. The highest BCUT2D eigenvalue weighted by Gasteiger charge is 2.32. The van der Waals surface area contributed by atoms with E-state index < -0.39 is 10.0 Å². The zero-order valence-corrected chi connectivity index (χ0v) is 21.9. The largest absolute Gasteiger partial charge is 0.497 e. The van der Waals surface area contributed by atoms with E-state index in [9.17, 15) is 13.2 Å². The lowest BCUT2D eigenvalue weighted by molar-refractivity contribution is -0.121. The molecule has 1 aliphatic heterocycles. The lowest BCUT2D eigenvalue weighted by Crippen LogP contribution is -2.38. The molecule has 2 N–H and O–H groups in total. The van der Waals surface area contributed by atoms with E-state index in [1.807, 2.05) is 22.8 Å². The number of carbonyl (C=O) groups excluding carboxylic acids is 1. The van der Waals surface area contributed by atoms with Gasteiger partial charge in [0.25, 0.3) is 0 Å². The molecule has 0 aliphatic carbocycles. The van der Waals surface area contributed by atoms with E-state index in [2.05, 4.69) is 17.6 Å².